The molecule has 1 aliphatic rings. The molecule has 0 aliphatic carbocycles. The van der Waals surface area contributed by atoms with Crippen LogP contribution in [0, 0.1) is 0 Å². The van der Waals surface area contributed by atoms with E-state index in [0.29, 0.717) is 19.4 Å². The van der Waals surface area contributed by atoms with Crippen molar-refractivity contribution < 1.29 is 14.4 Å². The normalized spacial score (nSPS) is 16.6. The molecule has 31 heavy (non-hydrogen) atoms. The molecule has 164 valence electrons. The largest absolute Gasteiger partial charge is 0.343 e. The lowest BCUT2D eigenvalue weighted by Gasteiger charge is -2.30. The minimum absolute atomic E-state index is 0.226. The van der Waals surface area contributed by atoms with E-state index in [2.05, 4.69) is 10.7 Å². The number of carbonyl (C=O) groups excluding carboxylic acids is 3. The molecule has 0 spiro atoms. The van der Waals surface area contributed by atoms with Gasteiger partial charge in [0.15, 0.2) is 0 Å². The lowest BCUT2D eigenvalue weighted by Crippen LogP contribution is -2.56. The standard InChI is InChI=1S/C23H29N5O3/c1-16(24)21(29)26-27(2)23(31)28-15-9-14-19(28)22(30)25-20(17-10-5-3-6-11-17)18-12-7-4-8-13-18/h3-8,10-13,16,19-20H,9,14-15,24H2,1-2H3,(H,25,30)(H,26,29)/t16-,19-/m0/s1. The Labute approximate surface area is 182 Å². The number of nitrogens with zero attached hydrogens (tertiary/aromatic N) is 2. The van der Waals surface area contributed by atoms with Gasteiger partial charge in [0.25, 0.3) is 5.91 Å². The summed E-state index contributed by atoms with van der Waals surface area (Å²) in [6.45, 7) is 1.98. The summed E-state index contributed by atoms with van der Waals surface area (Å²) in [5.41, 5.74) is 9.92. The molecule has 3 rings (SSSR count). The van der Waals surface area contributed by atoms with E-state index in [9.17, 15) is 14.4 Å². The van der Waals surface area contributed by atoms with Gasteiger partial charge in [0.2, 0.25) is 5.91 Å². The van der Waals surface area contributed by atoms with E-state index in [0.717, 1.165) is 16.1 Å². The highest BCUT2D eigenvalue weighted by atomic mass is 16.2. The van der Waals surface area contributed by atoms with Crippen molar-refractivity contribution in [1.29, 1.82) is 0 Å². The number of nitrogens with one attached hydrogen (secondary N) is 2. The summed E-state index contributed by atoms with van der Waals surface area (Å²) in [5, 5.41) is 4.20. The Morgan fingerprint density at radius 2 is 1.58 bits per heavy atom. The monoisotopic (exact) mass is 423 g/mol. The molecule has 4 N–H and O–H groups in total. The van der Waals surface area contributed by atoms with E-state index >= 15 is 0 Å². The summed E-state index contributed by atoms with van der Waals surface area (Å²) in [6.07, 6.45) is 1.27. The van der Waals surface area contributed by atoms with Crippen LogP contribution in [0.15, 0.2) is 60.7 Å². The quantitative estimate of drug-likeness (QED) is 0.637. The Hall–Kier alpha value is -3.39. The minimum atomic E-state index is -0.745. The van der Waals surface area contributed by atoms with Gasteiger partial charge in [-0.2, -0.15) is 0 Å². The van der Waals surface area contributed by atoms with Crippen LogP contribution in [0.25, 0.3) is 0 Å². The van der Waals surface area contributed by atoms with Gasteiger partial charge >= 0.3 is 6.03 Å². The zero-order chi connectivity index (χ0) is 22.4. The predicted molar refractivity (Wildman–Crippen MR) is 118 cm³/mol. The smallest absolute Gasteiger partial charge is 0.339 e. The van der Waals surface area contributed by atoms with E-state index in [4.69, 9.17) is 5.73 Å². The summed E-state index contributed by atoms with van der Waals surface area (Å²) in [5.74, 6) is -0.695. The number of hydrazine groups is 1. The second-order valence-corrected chi connectivity index (χ2v) is 7.72. The number of hydrogen-bond donors (Lipinski definition) is 3. The number of rotatable bonds is 5. The zero-order valence-electron chi connectivity index (χ0n) is 17.8. The van der Waals surface area contributed by atoms with Crippen molar-refractivity contribution in [3.63, 3.8) is 0 Å². The Bertz CT molecular complexity index is 864. The Morgan fingerprint density at radius 3 is 2.10 bits per heavy atom. The molecule has 1 aliphatic heterocycles. The van der Waals surface area contributed by atoms with Crippen molar-refractivity contribution in [3.8, 4) is 0 Å². The van der Waals surface area contributed by atoms with Crippen LogP contribution in [0.4, 0.5) is 4.79 Å². The number of nitrogens with two attached hydrogens (primary N) is 1. The molecule has 0 unspecified atom stereocenters. The van der Waals surface area contributed by atoms with Crippen LogP contribution < -0.4 is 16.5 Å². The number of benzene rings is 2. The fourth-order valence-corrected chi connectivity index (χ4v) is 3.66. The lowest BCUT2D eigenvalue weighted by atomic mass is 9.98. The van der Waals surface area contributed by atoms with E-state index < -0.39 is 24.0 Å². The molecule has 0 bridgehead atoms. The van der Waals surface area contributed by atoms with Gasteiger partial charge in [-0.15, -0.1) is 0 Å². The molecule has 1 saturated heterocycles. The van der Waals surface area contributed by atoms with Crippen molar-refractivity contribution >= 4 is 17.8 Å². The van der Waals surface area contributed by atoms with Crippen LogP contribution in [0.3, 0.4) is 0 Å². The molecular formula is C23H29N5O3. The van der Waals surface area contributed by atoms with E-state index in [1.165, 1.54) is 18.9 Å². The van der Waals surface area contributed by atoms with Gasteiger partial charge in [-0.25, -0.2) is 9.80 Å². The van der Waals surface area contributed by atoms with E-state index in [-0.39, 0.29) is 11.9 Å². The number of carbonyl (C=O) groups is 3. The van der Waals surface area contributed by atoms with Gasteiger partial charge in [0, 0.05) is 13.6 Å². The highest BCUT2D eigenvalue weighted by molar-refractivity contribution is 5.89. The summed E-state index contributed by atoms with van der Waals surface area (Å²) in [6, 6.07) is 17.3. The summed E-state index contributed by atoms with van der Waals surface area (Å²) in [4.78, 5) is 39.4. The molecule has 1 fully saturated rings. The number of likely N-dealkylation sites (tertiary alicyclic amines) is 1. The second-order valence-electron chi connectivity index (χ2n) is 7.72. The van der Waals surface area contributed by atoms with Crippen molar-refractivity contribution in [2.45, 2.75) is 37.9 Å². The highest BCUT2D eigenvalue weighted by Crippen LogP contribution is 2.24. The third kappa shape index (κ3) is 5.40. The molecule has 1 heterocycles. The van der Waals surface area contributed by atoms with Gasteiger partial charge in [0.1, 0.15) is 6.04 Å². The van der Waals surface area contributed by atoms with Crippen LogP contribution in [-0.4, -0.2) is 53.4 Å². The molecule has 2 aromatic rings. The first kappa shape index (κ1) is 22.3. The Balaban J connectivity index is 1.75. The SMILES string of the molecule is C[C@H](N)C(=O)NN(C)C(=O)N1CCC[C@H]1C(=O)NC(c1ccccc1)c1ccccc1. The first-order valence-corrected chi connectivity index (χ1v) is 10.4. The van der Waals surface area contributed by atoms with Gasteiger partial charge in [-0.1, -0.05) is 60.7 Å². The maximum absolute atomic E-state index is 13.2. The maximum atomic E-state index is 13.2. The Morgan fingerprint density at radius 1 is 1.03 bits per heavy atom. The van der Waals surface area contributed by atoms with Crippen LogP contribution >= 0.6 is 0 Å². The third-order valence-corrected chi connectivity index (χ3v) is 5.33. The lowest BCUT2D eigenvalue weighted by molar-refractivity contribution is -0.126. The molecule has 8 heteroatoms. The van der Waals surface area contributed by atoms with Crippen LogP contribution in [0.1, 0.15) is 36.9 Å². The number of urea groups is 1. The topological polar surface area (TPSA) is 108 Å². The molecule has 8 nitrogen and oxygen atoms in total. The van der Waals surface area contributed by atoms with Gasteiger partial charge < -0.3 is 16.0 Å². The molecule has 2 aromatic carbocycles. The second kappa shape index (κ2) is 10.1. The summed E-state index contributed by atoms with van der Waals surface area (Å²) >= 11 is 0. The molecule has 4 amide bonds. The molecule has 0 radical (unpaired) electrons. The van der Waals surface area contributed by atoms with Gasteiger partial charge in [-0.05, 0) is 30.9 Å². The van der Waals surface area contributed by atoms with Crippen LogP contribution in [0.5, 0.6) is 0 Å². The fraction of sp³-hybridized carbons (Fsp3) is 0.348. The van der Waals surface area contributed by atoms with E-state index in [1.807, 2.05) is 60.7 Å². The van der Waals surface area contributed by atoms with Crippen molar-refractivity contribution in [1.82, 2.24) is 20.7 Å². The summed E-state index contributed by atoms with van der Waals surface area (Å²) in [7, 11) is 1.45. The average molecular weight is 424 g/mol. The Kier molecular flexibility index (Phi) is 7.25. The average Bonchev–Trinajstić information content (AvgIpc) is 3.28. The first-order valence-electron chi connectivity index (χ1n) is 10.4. The third-order valence-electron chi connectivity index (χ3n) is 5.33. The van der Waals surface area contributed by atoms with Crippen molar-refractivity contribution in [2.75, 3.05) is 13.6 Å². The molecule has 2 atom stereocenters. The molecule has 0 aromatic heterocycles. The molecule has 0 saturated carbocycles. The molecular weight excluding hydrogens is 394 g/mol. The highest BCUT2D eigenvalue weighted by Gasteiger charge is 2.37. The minimum Gasteiger partial charge on any atom is -0.343 e. The van der Waals surface area contributed by atoms with Crippen LogP contribution in [0.2, 0.25) is 0 Å². The fourth-order valence-electron chi connectivity index (χ4n) is 3.66. The summed E-state index contributed by atoms with van der Waals surface area (Å²) < 4.78 is 0. The van der Waals surface area contributed by atoms with Gasteiger partial charge in [-0.3, -0.25) is 15.0 Å². The predicted octanol–water partition coefficient (Wildman–Crippen LogP) is 1.79. The van der Waals surface area contributed by atoms with Crippen LogP contribution in [-0.2, 0) is 9.59 Å². The maximum Gasteiger partial charge on any atom is 0.339 e. The van der Waals surface area contributed by atoms with Crippen molar-refractivity contribution in [3.05, 3.63) is 71.8 Å². The number of amides is 4. The first-order chi connectivity index (χ1) is 14.9. The number of hydrogen-bond acceptors (Lipinski definition) is 4. The van der Waals surface area contributed by atoms with Gasteiger partial charge in [0.05, 0.1) is 12.1 Å². The van der Waals surface area contributed by atoms with E-state index in [1.54, 1.807) is 0 Å². The van der Waals surface area contributed by atoms with Crippen molar-refractivity contribution in [2.24, 2.45) is 5.73 Å². The zero-order valence-corrected chi connectivity index (χ0v) is 17.8.